The molecule has 0 saturated carbocycles. The smallest absolute Gasteiger partial charge is 0.128 e. The fourth-order valence-electron chi connectivity index (χ4n) is 1.09. The minimum Gasteiger partial charge on any atom is -0.373 e. The van der Waals surface area contributed by atoms with Crippen molar-refractivity contribution >= 4 is 5.82 Å². The lowest BCUT2D eigenvalue weighted by Gasteiger charge is -2.06. The summed E-state index contributed by atoms with van der Waals surface area (Å²) in [4.78, 5) is 4.38. The van der Waals surface area contributed by atoms with E-state index in [0.717, 1.165) is 11.5 Å². The molecule has 0 bridgehead atoms. The summed E-state index contributed by atoms with van der Waals surface area (Å²) in [5.41, 5.74) is 3.55. The number of hydrogen-bond acceptors (Lipinski definition) is 2. The number of pyridine rings is 1. The standard InChI is InChI=1S/C9H14N2/c1-6-5-7(2)9(10-4)11-8(6)3/h5H,1-4H3,(H,10,11). The molecular formula is C9H14N2. The number of aryl methyl sites for hydroxylation is 3. The van der Waals surface area contributed by atoms with E-state index in [1.807, 2.05) is 14.0 Å². The highest BCUT2D eigenvalue weighted by atomic mass is 15.0. The quantitative estimate of drug-likeness (QED) is 0.662. The Labute approximate surface area is 67.7 Å². The van der Waals surface area contributed by atoms with Gasteiger partial charge in [0.1, 0.15) is 5.82 Å². The van der Waals surface area contributed by atoms with E-state index in [4.69, 9.17) is 0 Å². The molecule has 0 aliphatic rings. The van der Waals surface area contributed by atoms with Crippen molar-refractivity contribution in [2.75, 3.05) is 12.4 Å². The highest BCUT2D eigenvalue weighted by molar-refractivity contribution is 5.45. The van der Waals surface area contributed by atoms with Gasteiger partial charge in [0.15, 0.2) is 0 Å². The molecule has 0 saturated heterocycles. The van der Waals surface area contributed by atoms with E-state index < -0.39 is 0 Å². The summed E-state index contributed by atoms with van der Waals surface area (Å²) in [6, 6.07) is 2.15. The Morgan fingerprint density at radius 1 is 1.18 bits per heavy atom. The van der Waals surface area contributed by atoms with Crippen LogP contribution in [-0.4, -0.2) is 12.0 Å². The number of nitrogens with one attached hydrogen (secondary N) is 1. The summed E-state index contributed by atoms with van der Waals surface area (Å²) in [5, 5.41) is 3.05. The Morgan fingerprint density at radius 2 is 1.82 bits per heavy atom. The lowest BCUT2D eigenvalue weighted by Crippen LogP contribution is -1.98. The van der Waals surface area contributed by atoms with Gasteiger partial charge in [-0.25, -0.2) is 4.98 Å². The second-order valence-corrected chi connectivity index (χ2v) is 2.81. The van der Waals surface area contributed by atoms with Crippen molar-refractivity contribution < 1.29 is 0 Å². The zero-order valence-corrected chi connectivity index (χ0v) is 7.52. The summed E-state index contributed by atoms with van der Waals surface area (Å²) in [6.45, 7) is 6.16. The number of nitrogens with zero attached hydrogens (tertiary/aromatic N) is 1. The van der Waals surface area contributed by atoms with Gasteiger partial charge in [-0.2, -0.15) is 0 Å². The summed E-state index contributed by atoms with van der Waals surface area (Å²) < 4.78 is 0. The van der Waals surface area contributed by atoms with Gasteiger partial charge in [0.25, 0.3) is 0 Å². The van der Waals surface area contributed by atoms with Crippen LogP contribution in [0.3, 0.4) is 0 Å². The van der Waals surface area contributed by atoms with Crippen LogP contribution in [0.15, 0.2) is 6.07 Å². The first-order valence-electron chi connectivity index (χ1n) is 3.77. The molecule has 1 N–H and O–H groups in total. The summed E-state index contributed by atoms with van der Waals surface area (Å²) in [5.74, 6) is 0.980. The largest absolute Gasteiger partial charge is 0.373 e. The number of aromatic nitrogens is 1. The van der Waals surface area contributed by atoms with Crippen LogP contribution >= 0.6 is 0 Å². The average Bonchev–Trinajstić information content (AvgIpc) is 1.97. The number of hydrogen-bond donors (Lipinski definition) is 1. The monoisotopic (exact) mass is 150 g/mol. The maximum Gasteiger partial charge on any atom is 0.128 e. The van der Waals surface area contributed by atoms with Crippen LogP contribution in [0.4, 0.5) is 5.82 Å². The molecule has 11 heavy (non-hydrogen) atoms. The average molecular weight is 150 g/mol. The van der Waals surface area contributed by atoms with Crippen molar-refractivity contribution in [2.24, 2.45) is 0 Å². The Hall–Kier alpha value is -1.05. The van der Waals surface area contributed by atoms with Gasteiger partial charge in [-0.1, -0.05) is 6.07 Å². The summed E-state index contributed by atoms with van der Waals surface area (Å²) >= 11 is 0. The molecule has 1 rings (SSSR count). The SMILES string of the molecule is CNc1nc(C)c(C)cc1C. The predicted octanol–water partition coefficient (Wildman–Crippen LogP) is 2.05. The molecule has 1 aromatic rings. The first kappa shape index (κ1) is 8.05. The molecular weight excluding hydrogens is 136 g/mol. The van der Waals surface area contributed by atoms with Crippen molar-refractivity contribution in [3.8, 4) is 0 Å². The van der Waals surface area contributed by atoms with Crippen LogP contribution in [0.2, 0.25) is 0 Å². The molecule has 2 heteroatoms. The van der Waals surface area contributed by atoms with Crippen molar-refractivity contribution in [3.05, 3.63) is 22.9 Å². The maximum absolute atomic E-state index is 4.38. The second-order valence-electron chi connectivity index (χ2n) is 2.81. The minimum atomic E-state index is 0.980. The highest BCUT2D eigenvalue weighted by Crippen LogP contribution is 2.14. The van der Waals surface area contributed by atoms with Crippen LogP contribution in [0.5, 0.6) is 0 Å². The normalized spacial score (nSPS) is 9.82. The topological polar surface area (TPSA) is 24.9 Å². The first-order valence-corrected chi connectivity index (χ1v) is 3.77. The van der Waals surface area contributed by atoms with E-state index in [1.165, 1.54) is 11.1 Å². The molecule has 60 valence electrons. The molecule has 0 radical (unpaired) electrons. The number of anilines is 1. The Morgan fingerprint density at radius 3 is 2.36 bits per heavy atom. The molecule has 1 aromatic heterocycles. The summed E-state index contributed by atoms with van der Waals surface area (Å²) in [7, 11) is 1.89. The van der Waals surface area contributed by atoms with Gasteiger partial charge in [0, 0.05) is 12.7 Å². The van der Waals surface area contributed by atoms with Crippen LogP contribution in [0, 0.1) is 20.8 Å². The van der Waals surface area contributed by atoms with E-state index in [-0.39, 0.29) is 0 Å². The molecule has 0 unspecified atom stereocenters. The van der Waals surface area contributed by atoms with E-state index in [9.17, 15) is 0 Å². The molecule has 0 aliphatic heterocycles. The molecule has 2 nitrogen and oxygen atoms in total. The van der Waals surface area contributed by atoms with Gasteiger partial charge in [-0.3, -0.25) is 0 Å². The van der Waals surface area contributed by atoms with Crippen LogP contribution in [-0.2, 0) is 0 Å². The third kappa shape index (κ3) is 1.50. The van der Waals surface area contributed by atoms with Crippen molar-refractivity contribution in [1.82, 2.24) is 4.98 Å². The van der Waals surface area contributed by atoms with Crippen molar-refractivity contribution in [1.29, 1.82) is 0 Å². The summed E-state index contributed by atoms with van der Waals surface area (Å²) in [6.07, 6.45) is 0. The molecule has 0 spiro atoms. The van der Waals surface area contributed by atoms with Gasteiger partial charge in [0.2, 0.25) is 0 Å². The Balaban J connectivity index is 3.21. The second kappa shape index (κ2) is 2.91. The van der Waals surface area contributed by atoms with Gasteiger partial charge in [0.05, 0.1) is 0 Å². The zero-order chi connectivity index (χ0) is 8.43. The molecule has 0 atom stereocenters. The van der Waals surface area contributed by atoms with Crippen molar-refractivity contribution in [2.45, 2.75) is 20.8 Å². The lowest BCUT2D eigenvalue weighted by molar-refractivity contribution is 1.12. The van der Waals surface area contributed by atoms with Gasteiger partial charge < -0.3 is 5.32 Å². The molecule has 0 fully saturated rings. The fourth-order valence-corrected chi connectivity index (χ4v) is 1.09. The van der Waals surface area contributed by atoms with Crippen LogP contribution in [0.1, 0.15) is 16.8 Å². The molecule has 0 aliphatic carbocycles. The third-order valence-corrected chi connectivity index (χ3v) is 1.89. The van der Waals surface area contributed by atoms with Gasteiger partial charge in [-0.15, -0.1) is 0 Å². The molecule has 1 heterocycles. The lowest BCUT2D eigenvalue weighted by atomic mass is 10.1. The fraction of sp³-hybridized carbons (Fsp3) is 0.444. The van der Waals surface area contributed by atoms with Gasteiger partial charge >= 0.3 is 0 Å². The zero-order valence-electron chi connectivity index (χ0n) is 7.52. The van der Waals surface area contributed by atoms with E-state index >= 15 is 0 Å². The Kier molecular flexibility index (Phi) is 2.13. The van der Waals surface area contributed by atoms with Crippen molar-refractivity contribution in [3.63, 3.8) is 0 Å². The third-order valence-electron chi connectivity index (χ3n) is 1.89. The van der Waals surface area contributed by atoms with Crippen LogP contribution < -0.4 is 5.32 Å². The first-order chi connectivity index (χ1) is 5.15. The minimum absolute atomic E-state index is 0.980. The van der Waals surface area contributed by atoms with Crippen LogP contribution in [0.25, 0.3) is 0 Å². The Bertz CT molecular complexity index is 267. The van der Waals surface area contributed by atoms with Gasteiger partial charge in [-0.05, 0) is 31.9 Å². The highest BCUT2D eigenvalue weighted by Gasteiger charge is 1.99. The van der Waals surface area contributed by atoms with E-state index in [2.05, 4.69) is 30.2 Å². The predicted molar refractivity (Wildman–Crippen MR) is 48.0 cm³/mol. The molecule has 0 aromatic carbocycles. The number of rotatable bonds is 1. The van der Waals surface area contributed by atoms with E-state index in [1.54, 1.807) is 0 Å². The maximum atomic E-state index is 4.38. The molecule has 0 amide bonds. The van der Waals surface area contributed by atoms with E-state index in [0.29, 0.717) is 0 Å².